The molecule has 0 radical (unpaired) electrons. The van der Waals surface area contributed by atoms with E-state index >= 15 is 0 Å². The molecule has 0 spiro atoms. The topological polar surface area (TPSA) is 50.9 Å². The molecule has 0 unspecified atom stereocenters. The molecule has 3 N–H and O–H groups in total. The Morgan fingerprint density at radius 3 is 2.08 bits per heavy atom. The predicted molar refractivity (Wildman–Crippen MR) is 85.3 cm³/mol. The van der Waals surface area contributed by atoms with E-state index in [1.807, 2.05) is 0 Å². The molecule has 3 nitrogen and oxygen atoms in total. The SMILES string of the molecule is NCCNCCc1cc(-c2ccc(C(F)(F)F)cc2)nc(C(F)(F)F)c1. The summed E-state index contributed by atoms with van der Waals surface area (Å²) in [5.74, 6) is 0. The molecule has 0 amide bonds. The Balaban J connectivity index is 2.34. The molecule has 2 rings (SSSR count). The summed E-state index contributed by atoms with van der Waals surface area (Å²) < 4.78 is 77.1. The molecule has 1 aromatic carbocycles. The lowest BCUT2D eigenvalue weighted by Crippen LogP contribution is -2.24. The predicted octanol–water partition coefficient (Wildman–Crippen LogP) is 3.88. The molecule has 1 aromatic heterocycles. The van der Waals surface area contributed by atoms with Crippen molar-refractivity contribution in [1.29, 1.82) is 0 Å². The molecule has 26 heavy (non-hydrogen) atoms. The largest absolute Gasteiger partial charge is 0.433 e. The standard InChI is InChI=1S/C17H17F6N3/c18-16(19,20)13-3-1-12(2-4-13)14-9-11(5-7-25-8-6-24)10-15(26-14)17(21,22)23/h1-4,9-10,25H,5-8,24H2. The number of pyridine rings is 1. The Morgan fingerprint density at radius 1 is 0.885 bits per heavy atom. The summed E-state index contributed by atoms with van der Waals surface area (Å²) in [6, 6.07) is 6.25. The monoisotopic (exact) mass is 377 g/mol. The van der Waals surface area contributed by atoms with E-state index < -0.39 is 23.6 Å². The first kappa shape index (κ1) is 20.2. The van der Waals surface area contributed by atoms with Crippen molar-refractivity contribution in [2.75, 3.05) is 19.6 Å². The molecular weight excluding hydrogens is 360 g/mol. The van der Waals surface area contributed by atoms with Crippen LogP contribution in [-0.4, -0.2) is 24.6 Å². The van der Waals surface area contributed by atoms with Gasteiger partial charge in [-0.15, -0.1) is 0 Å². The van der Waals surface area contributed by atoms with Crippen LogP contribution in [0.1, 0.15) is 16.8 Å². The van der Waals surface area contributed by atoms with Crippen LogP contribution in [0.4, 0.5) is 26.3 Å². The number of aromatic nitrogens is 1. The van der Waals surface area contributed by atoms with Gasteiger partial charge in [0.25, 0.3) is 0 Å². The summed E-state index contributed by atoms with van der Waals surface area (Å²) in [5.41, 5.74) is 3.91. The fraction of sp³-hybridized carbons (Fsp3) is 0.353. The minimum Gasteiger partial charge on any atom is -0.329 e. The summed E-state index contributed by atoms with van der Waals surface area (Å²) in [7, 11) is 0. The number of benzene rings is 1. The van der Waals surface area contributed by atoms with Gasteiger partial charge >= 0.3 is 12.4 Å². The normalized spacial score (nSPS) is 12.4. The maximum atomic E-state index is 13.1. The number of nitrogens with two attached hydrogens (primary N) is 1. The van der Waals surface area contributed by atoms with Crippen LogP contribution in [0.5, 0.6) is 0 Å². The van der Waals surface area contributed by atoms with Gasteiger partial charge in [0.15, 0.2) is 0 Å². The molecule has 0 aliphatic heterocycles. The summed E-state index contributed by atoms with van der Waals surface area (Å²) in [5, 5.41) is 2.97. The third-order valence-corrected chi connectivity index (χ3v) is 3.60. The number of halogens is 6. The minimum atomic E-state index is -4.65. The van der Waals surface area contributed by atoms with Crippen LogP contribution < -0.4 is 11.1 Å². The van der Waals surface area contributed by atoms with Crippen LogP contribution in [-0.2, 0) is 18.8 Å². The molecule has 0 saturated heterocycles. The van der Waals surface area contributed by atoms with Crippen molar-refractivity contribution >= 4 is 0 Å². The van der Waals surface area contributed by atoms with Crippen molar-refractivity contribution in [3.05, 3.63) is 53.2 Å². The molecule has 0 aliphatic carbocycles. The van der Waals surface area contributed by atoms with E-state index in [0.29, 0.717) is 31.6 Å². The highest BCUT2D eigenvalue weighted by Gasteiger charge is 2.33. The van der Waals surface area contributed by atoms with E-state index in [2.05, 4.69) is 10.3 Å². The van der Waals surface area contributed by atoms with Crippen LogP contribution in [0, 0.1) is 0 Å². The lowest BCUT2D eigenvalue weighted by atomic mass is 10.0. The highest BCUT2D eigenvalue weighted by atomic mass is 19.4. The van der Waals surface area contributed by atoms with Gasteiger partial charge in [0.2, 0.25) is 0 Å². The maximum Gasteiger partial charge on any atom is 0.433 e. The summed E-state index contributed by atoms with van der Waals surface area (Å²) in [6.07, 6.45) is -8.86. The Labute approximate surface area is 146 Å². The third-order valence-electron chi connectivity index (χ3n) is 3.60. The Hall–Kier alpha value is -2.13. The van der Waals surface area contributed by atoms with Crippen molar-refractivity contribution in [2.45, 2.75) is 18.8 Å². The molecule has 2 aromatic rings. The van der Waals surface area contributed by atoms with E-state index in [4.69, 9.17) is 5.73 Å². The van der Waals surface area contributed by atoms with Crippen molar-refractivity contribution in [3.8, 4) is 11.3 Å². The number of alkyl halides is 6. The molecule has 0 saturated carbocycles. The first-order valence-electron chi connectivity index (χ1n) is 7.78. The second-order valence-corrected chi connectivity index (χ2v) is 5.61. The van der Waals surface area contributed by atoms with Crippen molar-refractivity contribution in [2.24, 2.45) is 5.73 Å². The smallest absolute Gasteiger partial charge is 0.329 e. The van der Waals surface area contributed by atoms with Gasteiger partial charge < -0.3 is 11.1 Å². The molecule has 0 fully saturated rings. The van der Waals surface area contributed by atoms with Crippen LogP contribution in [0.3, 0.4) is 0 Å². The van der Waals surface area contributed by atoms with Gasteiger partial charge in [-0.25, -0.2) is 4.98 Å². The van der Waals surface area contributed by atoms with Crippen molar-refractivity contribution in [3.63, 3.8) is 0 Å². The fourth-order valence-corrected chi connectivity index (χ4v) is 2.31. The number of nitrogens with one attached hydrogen (secondary N) is 1. The van der Waals surface area contributed by atoms with E-state index in [9.17, 15) is 26.3 Å². The molecule has 0 aliphatic rings. The highest BCUT2D eigenvalue weighted by molar-refractivity contribution is 5.61. The Morgan fingerprint density at radius 2 is 1.54 bits per heavy atom. The van der Waals surface area contributed by atoms with Crippen molar-refractivity contribution < 1.29 is 26.3 Å². The van der Waals surface area contributed by atoms with E-state index in [-0.39, 0.29) is 11.3 Å². The van der Waals surface area contributed by atoms with E-state index in [1.165, 1.54) is 6.07 Å². The molecule has 0 bridgehead atoms. The first-order valence-corrected chi connectivity index (χ1v) is 7.78. The third kappa shape index (κ3) is 5.43. The lowest BCUT2D eigenvalue weighted by molar-refractivity contribution is -0.141. The van der Waals surface area contributed by atoms with Crippen molar-refractivity contribution in [1.82, 2.24) is 10.3 Å². The van der Waals surface area contributed by atoms with Crippen LogP contribution in [0.15, 0.2) is 36.4 Å². The maximum absolute atomic E-state index is 13.1. The second-order valence-electron chi connectivity index (χ2n) is 5.61. The second kappa shape index (κ2) is 8.05. The lowest BCUT2D eigenvalue weighted by Gasteiger charge is -2.13. The number of hydrogen-bond acceptors (Lipinski definition) is 3. The number of nitrogens with zero attached hydrogens (tertiary/aromatic N) is 1. The van der Waals surface area contributed by atoms with Gasteiger partial charge in [0.1, 0.15) is 5.69 Å². The number of hydrogen-bond donors (Lipinski definition) is 2. The van der Waals surface area contributed by atoms with Gasteiger partial charge in [-0.3, -0.25) is 0 Å². The molecule has 1 heterocycles. The summed E-state index contributed by atoms with van der Waals surface area (Å²) in [4.78, 5) is 3.56. The van der Waals surface area contributed by atoms with E-state index in [1.54, 1.807) is 0 Å². The van der Waals surface area contributed by atoms with Crippen LogP contribution in [0.2, 0.25) is 0 Å². The Kier molecular flexibility index (Phi) is 6.25. The molecular formula is C17H17F6N3. The zero-order chi connectivity index (χ0) is 19.4. The van der Waals surface area contributed by atoms with Gasteiger partial charge in [-0.05, 0) is 42.8 Å². The average Bonchev–Trinajstić information content (AvgIpc) is 2.57. The van der Waals surface area contributed by atoms with Gasteiger partial charge in [-0.2, -0.15) is 26.3 Å². The molecule has 0 atom stereocenters. The molecule has 142 valence electrons. The highest BCUT2D eigenvalue weighted by Crippen LogP contribution is 2.33. The summed E-state index contributed by atoms with van der Waals surface area (Å²) in [6.45, 7) is 1.36. The van der Waals surface area contributed by atoms with Gasteiger partial charge in [-0.1, -0.05) is 12.1 Å². The summed E-state index contributed by atoms with van der Waals surface area (Å²) >= 11 is 0. The first-order chi connectivity index (χ1) is 12.1. The zero-order valence-corrected chi connectivity index (χ0v) is 13.6. The minimum absolute atomic E-state index is 0.0256. The fourth-order valence-electron chi connectivity index (χ4n) is 2.31. The van der Waals surface area contributed by atoms with Crippen LogP contribution >= 0.6 is 0 Å². The van der Waals surface area contributed by atoms with E-state index in [0.717, 1.165) is 30.3 Å². The zero-order valence-electron chi connectivity index (χ0n) is 13.6. The quantitative estimate of drug-likeness (QED) is 0.594. The van der Waals surface area contributed by atoms with Gasteiger partial charge in [0, 0.05) is 18.7 Å². The number of rotatable bonds is 6. The van der Waals surface area contributed by atoms with Crippen LogP contribution in [0.25, 0.3) is 11.3 Å². The average molecular weight is 377 g/mol. The molecule has 9 heteroatoms. The van der Waals surface area contributed by atoms with Gasteiger partial charge in [0.05, 0.1) is 11.3 Å². The Bertz CT molecular complexity index is 723.